The highest BCUT2D eigenvalue weighted by Crippen LogP contribution is 2.42. The Bertz CT molecular complexity index is 1860. The molecule has 2 aliphatic heterocycles. The van der Waals surface area contributed by atoms with Crippen molar-refractivity contribution in [2.24, 2.45) is 5.92 Å². The van der Waals surface area contributed by atoms with E-state index in [-0.39, 0.29) is 18.1 Å². The van der Waals surface area contributed by atoms with Crippen LogP contribution in [0.3, 0.4) is 0 Å². The molecule has 0 fully saturated rings. The van der Waals surface area contributed by atoms with E-state index in [1.54, 1.807) is 27.0 Å². The van der Waals surface area contributed by atoms with Crippen molar-refractivity contribution in [2.45, 2.75) is 89.5 Å². The number of aryl methyl sites for hydroxylation is 2. The van der Waals surface area contributed by atoms with Gasteiger partial charge in [-0.3, -0.25) is 9.10 Å². The lowest BCUT2D eigenvalue weighted by molar-refractivity contribution is 0.0730. The summed E-state index contributed by atoms with van der Waals surface area (Å²) in [5.41, 5.74) is 6.46. The van der Waals surface area contributed by atoms with Gasteiger partial charge in [-0.1, -0.05) is 49.4 Å². The molecule has 3 aromatic carbocycles. The number of aromatic nitrogens is 1. The van der Waals surface area contributed by atoms with Crippen molar-refractivity contribution < 1.29 is 23.1 Å². The van der Waals surface area contributed by atoms with E-state index in [0.717, 1.165) is 47.0 Å². The standard InChI is InChI=1S/C38H46N2O5S/c1-6-27-23-40-24-38(3,4)46(43,44)39(5)32-21-30(20-31(27)37(32)40)34(42)22-29(19-26-12-8-7-9-13-26)33(41)16-15-28-17-18-45-35-14-10-11-25(2)36(28)35/h7-14,20-21,23,28-29,33,41H,6,15-19,22,24H2,1-5H3/t28?,29-,33-/m1/s1. The molecule has 0 spiro atoms. The molecule has 4 aromatic rings. The molecule has 7 nitrogen and oxygen atoms in total. The molecule has 6 rings (SSSR count). The number of ether oxygens (including phenoxy) is 1. The lowest BCUT2D eigenvalue weighted by atomic mass is 9.81. The van der Waals surface area contributed by atoms with E-state index in [0.29, 0.717) is 43.2 Å². The zero-order valence-corrected chi connectivity index (χ0v) is 28.4. The quantitative estimate of drug-likeness (QED) is 0.185. The fourth-order valence-corrected chi connectivity index (χ4v) is 9.00. The van der Waals surface area contributed by atoms with Gasteiger partial charge in [0.05, 0.1) is 23.9 Å². The fraction of sp³-hybridized carbons (Fsp3) is 0.447. The highest BCUT2D eigenvalue weighted by molar-refractivity contribution is 7.94. The Kier molecular flexibility index (Phi) is 8.81. The van der Waals surface area contributed by atoms with Crippen LogP contribution in [-0.4, -0.2) is 48.4 Å². The van der Waals surface area contributed by atoms with Gasteiger partial charge in [-0.25, -0.2) is 8.42 Å². The molecule has 3 heterocycles. The molecule has 0 saturated carbocycles. The summed E-state index contributed by atoms with van der Waals surface area (Å²) >= 11 is 0. The highest BCUT2D eigenvalue weighted by atomic mass is 32.2. The van der Waals surface area contributed by atoms with Crippen molar-refractivity contribution in [3.8, 4) is 5.75 Å². The number of nitrogens with zero attached hydrogens (tertiary/aromatic N) is 2. The zero-order chi connectivity index (χ0) is 32.8. The summed E-state index contributed by atoms with van der Waals surface area (Å²) in [6.07, 6.45) is 5.15. The van der Waals surface area contributed by atoms with Gasteiger partial charge in [0.15, 0.2) is 5.78 Å². The Morgan fingerprint density at radius 3 is 2.61 bits per heavy atom. The molecular formula is C38H46N2O5S. The van der Waals surface area contributed by atoms with Crippen LogP contribution in [0.25, 0.3) is 10.9 Å². The molecule has 2 aliphatic rings. The number of hydrogen-bond donors (Lipinski definition) is 1. The maximum atomic E-state index is 14.2. The van der Waals surface area contributed by atoms with Gasteiger partial charge in [-0.2, -0.15) is 0 Å². The second kappa shape index (κ2) is 12.5. The molecule has 1 N–H and O–H groups in total. The first-order valence-corrected chi connectivity index (χ1v) is 18.0. The molecule has 0 bridgehead atoms. The predicted octanol–water partition coefficient (Wildman–Crippen LogP) is 7.21. The number of carbonyl (C=O) groups excluding carboxylic acids is 1. The summed E-state index contributed by atoms with van der Waals surface area (Å²) in [6.45, 7) is 8.70. The van der Waals surface area contributed by atoms with E-state index < -0.39 is 20.9 Å². The van der Waals surface area contributed by atoms with Gasteiger partial charge in [-0.15, -0.1) is 0 Å². The number of fused-ring (bicyclic) bond motifs is 1. The van der Waals surface area contributed by atoms with E-state index in [1.807, 2.05) is 59.3 Å². The summed E-state index contributed by atoms with van der Waals surface area (Å²) in [5.74, 6) is 0.851. The van der Waals surface area contributed by atoms with Crippen LogP contribution in [-0.2, 0) is 29.4 Å². The molecule has 0 amide bonds. The summed E-state index contributed by atoms with van der Waals surface area (Å²) in [5, 5.41) is 12.6. The lowest BCUT2D eigenvalue weighted by Gasteiger charge is -2.30. The third-order valence-electron chi connectivity index (χ3n) is 10.2. The topological polar surface area (TPSA) is 88.8 Å². The van der Waals surface area contributed by atoms with Crippen molar-refractivity contribution in [1.82, 2.24) is 4.57 Å². The molecule has 3 atom stereocenters. The summed E-state index contributed by atoms with van der Waals surface area (Å²) < 4.78 is 35.6. The SMILES string of the molecule is CCc1cn2c3c(cc(C(=O)C[C@@H](Cc4ccccc4)[C@H](O)CCC4CCOc5cccc(C)c54)cc13)N(C)S(=O)(=O)C(C)(C)C2. The molecule has 46 heavy (non-hydrogen) atoms. The molecule has 1 aromatic heterocycles. The average Bonchev–Trinajstić information content (AvgIpc) is 3.37. The van der Waals surface area contributed by atoms with Gasteiger partial charge >= 0.3 is 0 Å². The first-order valence-electron chi connectivity index (χ1n) is 16.5. The van der Waals surface area contributed by atoms with Gasteiger partial charge in [0.25, 0.3) is 0 Å². The number of rotatable bonds is 10. The zero-order valence-electron chi connectivity index (χ0n) is 27.6. The molecule has 0 saturated heterocycles. The third kappa shape index (κ3) is 5.86. The van der Waals surface area contributed by atoms with Gasteiger partial charge in [0.2, 0.25) is 10.0 Å². The van der Waals surface area contributed by atoms with Crippen LogP contribution >= 0.6 is 0 Å². The second-order valence-electron chi connectivity index (χ2n) is 13.8. The predicted molar refractivity (Wildman–Crippen MR) is 185 cm³/mol. The summed E-state index contributed by atoms with van der Waals surface area (Å²) in [6, 6.07) is 19.9. The Morgan fingerprint density at radius 1 is 1.11 bits per heavy atom. The molecule has 0 aliphatic carbocycles. The van der Waals surface area contributed by atoms with Gasteiger partial charge in [-0.05, 0) is 99.6 Å². The Morgan fingerprint density at radius 2 is 1.87 bits per heavy atom. The minimum absolute atomic E-state index is 0.0884. The van der Waals surface area contributed by atoms with Gasteiger partial charge < -0.3 is 14.4 Å². The van der Waals surface area contributed by atoms with Crippen molar-refractivity contribution in [3.63, 3.8) is 0 Å². The first kappa shape index (κ1) is 32.3. The van der Waals surface area contributed by atoms with Crippen LogP contribution in [0.4, 0.5) is 5.69 Å². The van der Waals surface area contributed by atoms with E-state index in [1.165, 1.54) is 15.4 Å². The number of hydrogen-bond acceptors (Lipinski definition) is 5. The number of benzene rings is 3. The first-order chi connectivity index (χ1) is 21.9. The van der Waals surface area contributed by atoms with Crippen molar-refractivity contribution >= 4 is 32.4 Å². The number of Topliss-reactive ketones (excluding diaryl/α,β-unsaturated/α-hetero) is 1. The smallest absolute Gasteiger partial charge is 0.241 e. The Balaban J connectivity index is 1.30. The van der Waals surface area contributed by atoms with Crippen molar-refractivity contribution in [3.05, 3.63) is 94.7 Å². The number of anilines is 1. The molecule has 0 radical (unpaired) electrons. The lowest BCUT2D eigenvalue weighted by Crippen LogP contribution is -2.44. The third-order valence-corrected chi connectivity index (χ3v) is 12.7. The van der Waals surface area contributed by atoms with E-state index >= 15 is 0 Å². The minimum Gasteiger partial charge on any atom is -0.493 e. The summed E-state index contributed by atoms with van der Waals surface area (Å²) in [4.78, 5) is 14.2. The van der Waals surface area contributed by atoms with E-state index in [2.05, 4.69) is 19.9 Å². The van der Waals surface area contributed by atoms with Crippen LogP contribution in [0, 0.1) is 12.8 Å². The Hall–Kier alpha value is -3.62. The van der Waals surface area contributed by atoms with Crippen LogP contribution < -0.4 is 9.04 Å². The maximum absolute atomic E-state index is 14.2. The number of aliphatic hydroxyl groups excluding tert-OH is 1. The van der Waals surface area contributed by atoms with Gasteiger partial charge in [0.1, 0.15) is 10.5 Å². The molecule has 244 valence electrons. The normalized spacial score (nSPS) is 19.6. The number of carbonyl (C=O) groups is 1. The summed E-state index contributed by atoms with van der Waals surface area (Å²) in [7, 11) is -2.10. The average molecular weight is 643 g/mol. The maximum Gasteiger partial charge on any atom is 0.241 e. The second-order valence-corrected chi connectivity index (χ2v) is 16.4. The largest absolute Gasteiger partial charge is 0.493 e. The van der Waals surface area contributed by atoms with Crippen LogP contribution in [0.2, 0.25) is 0 Å². The fourth-order valence-electron chi connectivity index (χ4n) is 7.56. The number of sulfonamides is 1. The number of ketones is 1. The van der Waals surface area contributed by atoms with Crippen LogP contribution in [0.15, 0.2) is 66.9 Å². The minimum atomic E-state index is -3.69. The van der Waals surface area contributed by atoms with Crippen molar-refractivity contribution in [2.75, 3.05) is 18.0 Å². The van der Waals surface area contributed by atoms with Crippen molar-refractivity contribution in [1.29, 1.82) is 0 Å². The van der Waals surface area contributed by atoms with Crippen LogP contribution in [0.1, 0.15) is 85.0 Å². The highest BCUT2D eigenvalue weighted by Gasteiger charge is 2.42. The Labute approximate surface area is 273 Å². The number of aliphatic hydroxyl groups is 1. The molecule has 8 heteroatoms. The van der Waals surface area contributed by atoms with E-state index in [4.69, 9.17) is 4.74 Å². The monoisotopic (exact) mass is 642 g/mol. The molecule has 1 unspecified atom stereocenters. The van der Waals surface area contributed by atoms with Crippen LogP contribution in [0.5, 0.6) is 5.75 Å². The molecular weight excluding hydrogens is 596 g/mol. The van der Waals surface area contributed by atoms with E-state index in [9.17, 15) is 18.3 Å². The van der Waals surface area contributed by atoms with Gasteiger partial charge in [0, 0.05) is 42.7 Å².